The van der Waals surface area contributed by atoms with Crippen molar-refractivity contribution in [1.29, 1.82) is 0 Å². The van der Waals surface area contributed by atoms with Gasteiger partial charge in [0, 0.05) is 12.1 Å². The average Bonchev–Trinajstić information content (AvgIpc) is 2.57. The molecule has 24 heavy (non-hydrogen) atoms. The van der Waals surface area contributed by atoms with Crippen molar-refractivity contribution >= 4 is 18.0 Å². The molecule has 0 atom stereocenters. The van der Waals surface area contributed by atoms with Crippen LogP contribution in [0.3, 0.4) is 0 Å². The molecule has 0 heterocycles. The Bertz CT molecular complexity index is 714. The summed E-state index contributed by atoms with van der Waals surface area (Å²) >= 11 is 0. The third-order valence-corrected chi connectivity index (χ3v) is 3.23. The molecule has 0 aromatic heterocycles. The minimum Gasteiger partial charge on any atom is -0.507 e. The van der Waals surface area contributed by atoms with Crippen LogP contribution < -0.4 is 10.7 Å². The number of rotatable bonds is 7. The van der Waals surface area contributed by atoms with Crippen molar-refractivity contribution in [1.82, 2.24) is 10.7 Å². The first-order valence-electron chi connectivity index (χ1n) is 7.55. The first-order valence-corrected chi connectivity index (χ1v) is 7.55. The highest BCUT2D eigenvalue weighted by atomic mass is 16.3. The number of amides is 2. The van der Waals surface area contributed by atoms with Crippen LogP contribution in [0.2, 0.25) is 0 Å². The molecule has 0 bridgehead atoms. The van der Waals surface area contributed by atoms with Gasteiger partial charge in [0.05, 0.1) is 6.21 Å². The summed E-state index contributed by atoms with van der Waals surface area (Å²) in [5.41, 5.74) is 3.85. The number of benzene rings is 2. The second-order valence-corrected chi connectivity index (χ2v) is 5.11. The Labute approximate surface area is 140 Å². The quantitative estimate of drug-likeness (QED) is 0.410. The molecule has 2 amide bonds. The van der Waals surface area contributed by atoms with E-state index >= 15 is 0 Å². The van der Waals surface area contributed by atoms with Gasteiger partial charge in [0.2, 0.25) is 11.8 Å². The minimum atomic E-state index is -0.515. The van der Waals surface area contributed by atoms with E-state index in [1.165, 1.54) is 12.3 Å². The van der Waals surface area contributed by atoms with Gasteiger partial charge in [-0.1, -0.05) is 42.5 Å². The molecular weight excluding hydrogens is 306 g/mol. The van der Waals surface area contributed by atoms with E-state index < -0.39 is 5.91 Å². The van der Waals surface area contributed by atoms with Crippen LogP contribution in [0.1, 0.15) is 17.5 Å². The van der Waals surface area contributed by atoms with Gasteiger partial charge in [-0.2, -0.15) is 5.10 Å². The number of phenolic OH excluding ortho intramolecular Hbond substituents is 1. The van der Waals surface area contributed by atoms with Crippen LogP contribution >= 0.6 is 0 Å². The molecule has 2 aromatic rings. The third kappa shape index (κ3) is 5.92. The molecule has 2 aromatic carbocycles. The monoisotopic (exact) mass is 325 g/mol. The fraction of sp³-hybridized carbons (Fsp3) is 0.167. The lowest BCUT2D eigenvalue weighted by Gasteiger charge is -2.04. The molecule has 6 nitrogen and oxygen atoms in total. The van der Waals surface area contributed by atoms with Crippen molar-refractivity contribution in [3.05, 3.63) is 65.7 Å². The molecule has 0 aliphatic heterocycles. The van der Waals surface area contributed by atoms with Crippen molar-refractivity contribution in [2.24, 2.45) is 5.10 Å². The van der Waals surface area contributed by atoms with Gasteiger partial charge < -0.3 is 10.4 Å². The maximum absolute atomic E-state index is 11.7. The van der Waals surface area contributed by atoms with Gasteiger partial charge in [-0.3, -0.25) is 9.59 Å². The summed E-state index contributed by atoms with van der Waals surface area (Å²) < 4.78 is 0. The van der Waals surface area contributed by atoms with Gasteiger partial charge in [-0.05, 0) is 24.1 Å². The minimum absolute atomic E-state index is 0.0640. The SMILES string of the molecule is O=C(CC(=O)N/N=C/c1ccccc1O)NCCc1ccccc1. The Balaban J connectivity index is 1.68. The largest absolute Gasteiger partial charge is 0.507 e. The molecule has 0 aliphatic carbocycles. The van der Waals surface area contributed by atoms with E-state index in [4.69, 9.17) is 0 Å². The molecule has 0 saturated heterocycles. The maximum atomic E-state index is 11.7. The van der Waals surface area contributed by atoms with E-state index in [1.54, 1.807) is 18.2 Å². The van der Waals surface area contributed by atoms with Crippen molar-refractivity contribution in [3.63, 3.8) is 0 Å². The van der Waals surface area contributed by atoms with Gasteiger partial charge in [0.15, 0.2) is 0 Å². The Morgan fingerprint density at radius 3 is 2.46 bits per heavy atom. The predicted octanol–water partition coefficient (Wildman–Crippen LogP) is 1.59. The van der Waals surface area contributed by atoms with E-state index in [0.29, 0.717) is 18.5 Å². The number of hydrogen-bond acceptors (Lipinski definition) is 4. The van der Waals surface area contributed by atoms with Gasteiger partial charge in [0.1, 0.15) is 12.2 Å². The van der Waals surface area contributed by atoms with E-state index in [0.717, 1.165) is 5.56 Å². The van der Waals surface area contributed by atoms with E-state index in [2.05, 4.69) is 15.8 Å². The zero-order valence-corrected chi connectivity index (χ0v) is 13.1. The first-order chi connectivity index (χ1) is 11.6. The molecule has 0 unspecified atom stereocenters. The Kier molecular flexibility index (Phi) is 6.52. The molecule has 0 fully saturated rings. The molecule has 6 heteroatoms. The second-order valence-electron chi connectivity index (χ2n) is 5.11. The lowest BCUT2D eigenvalue weighted by molar-refractivity contribution is -0.129. The number of para-hydroxylation sites is 1. The molecule has 0 spiro atoms. The molecule has 3 N–H and O–H groups in total. The molecule has 0 radical (unpaired) electrons. The molecule has 124 valence electrons. The molecule has 0 saturated carbocycles. The highest BCUT2D eigenvalue weighted by Gasteiger charge is 2.08. The summed E-state index contributed by atoms with van der Waals surface area (Å²) in [5, 5.41) is 16.0. The fourth-order valence-corrected chi connectivity index (χ4v) is 2.01. The lowest BCUT2D eigenvalue weighted by atomic mass is 10.1. The van der Waals surface area contributed by atoms with Gasteiger partial charge in [0.25, 0.3) is 0 Å². The van der Waals surface area contributed by atoms with Crippen LogP contribution in [0.25, 0.3) is 0 Å². The predicted molar refractivity (Wildman–Crippen MR) is 91.6 cm³/mol. The highest BCUT2D eigenvalue weighted by molar-refractivity contribution is 5.97. The topological polar surface area (TPSA) is 90.8 Å². The van der Waals surface area contributed by atoms with Crippen molar-refractivity contribution in [3.8, 4) is 5.75 Å². The molecule has 2 rings (SSSR count). The van der Waals surface area contributed by atoms with Crippen LogP contribution in [0, 0.1) is 0 Å². The highest BCUT2D eigenvalue weighted by Crippen LogP contribution is 2.12. The average molecular weight is 325 g/mol. The van der Waals surface area contributed by atoms with Crippen molar-refractivity contribution in [2.75, 3.05) is 6.54 Å². The van der Waals surface area contributed by atoms with Crippen LogP contribution in [0.4, 0.5) is 0 Å². The number of carbonyl (C=O) groups excluding carboxylic acids is 2. The Morgan fingerprint density at radius 1 is 1.00 bits per heavy atom. The standard InChI is InChI=1S/C18H19N3O3/c22-16-9-5-4-8-15(16)13-20-21-18(24)12-17(23)19-11-10-14-6-2-1-3-7-14/h1-9,13,22H,10-12H2,(H,19,23)(H,21,24)/b20-13+. The molecule has 0 aliphatic rings. The van der Waals surface area contributed by atoms with E-state index in [-0.39, 0.29) is 18.1 Å². The van der Waals surface area contributed by atoms with Gasteiger partial charge in [-0.25, -0.2) is 5.43 Å². The second kappa shape index (κ2) is 9.09. The Morgan fingerprint density at radius 2 is 1.71 bits per heavy atom. The number of hydrogen-bond donors (Lipinski definition) is 3. The van der Waals surface area contributed by atoms with Gasteiger partial charge >= 0.3 is 0 Å². The summed E-state index contributed by atoms with van der Waals surface area (Å²) in [5.74, 6) is -0.811. The summed E-state index contributed by atoms with van der Waals surface area (Å²) in [7, 11) is 0. The number of aromatic hydroxyl groups is 1. The number of nitrogens with zero attached hydrogens (tertiary/aromatic N) is 1. The zero-order valence-electron chi connectivity index (χ0n) is 13.1. The van der Waals surface area contributed by atoms with E-state index in [9.17, 15) is 14.7 Å². The number of nitrogens with one attached hydrogen (secondary N) is 2. The number of carbonyl (C=O) groups is 2. The van der Waals surface area contributed by atoms with Crippen molar-refractivity contribution in [2.45, 2.75) is 12.8 Å². The lowest BCUT2D eigenvalue weighted by Crippen LogP contribution is -2.31. The molecular formula is C18H19N3O3. The summed E-state index contributed by atoms with van der Waals surface area (Å²) in [6.07, 6.45) is 1.73. The van der Waals surface area contributed by atoms with Crippen LogP contribution in [0.15, 0.2) is 59.7 Å². The van der Waals surface area contributed by atoms with Crippen LogP contribution in [-0.2, 0) is 16.0 Å². The third-order valence-electron chi connectivity index (χ3n) is 3.23. The van der Waals surface area contributed by atoms with Crippen LogP contribution in [0.5, 0.6) is 5.75 Å². The summed E-state index contributed by atoms with van der Waals surface area (Å²) in [4.78, 5) is 23.3. The summed E-state index contributed by atoms with van der Waals surface area (Å²) in [6, 6.07) is 16.4. The van der Waals surface area contributed by atoms with Crippen molar-refractivity contribution < 1.29 is 14.7 Å². The van der Waals surface area contributed by atoms with E-state index in [1.807, 2.05) is 30.3 Å². The number of hydrazone groups is 1. The normalized spacial score (nSPS) is 10.5. The zero-order chi connectivity index (χ0) is 17.2. The van der Waals surface area contributed by atoms with Crippen LogP contribution in [-0.4, -0.2) is 29.7 Å². The maximum Gasteiger partial charge on any atom is 0.249 e. The fourth-order valence-electron chi connectivity index (χ4n) is 2.01. The Hall–Kier alpha value is -3.15. The van der Waals surface area contributed by atoms with Gasteiger partial charge in [-0.15, -0.1) is 0 Å². The first kappa shape index (κ1) is 17.2. The number of phenols is 1. The summed E-state index contributed by atoms with van der Waals surface area (Å²) in [6.45, 7) is 0.470. The smallest absolute Gasteiger partial charge is 0.249 e.